The van der Waals surface area contributed by atoms with Gasteiger partial charge in [-0.15, -0.1) is 0 Å². The van der Waals surface area contributed by atoms with Gasteiger partial charge in [0, 0.05) is 18.0 Å². The number of nitrogens with zero attached hydrogens (tertiary/aromatic N) is 5. The van der Waals surface area contributed by atoms with Crippen molar-refractivity contribution >= 4 is 55.2 Å². The number of ether oxygens (including phenoxy) is 3. The highest BCUT2D eigenvalue weighted by Crippen LogP contribution is 2.65. The minimum absolute atomic E-state index is 0.0206. The Labute approximate surface area is 303 Å². The quantitative estimate of drug-likeness (QED) is 0.0783. The van der Waals surface area contributed by atoms with Gasteiger partial charge in [-0.2, -0.15) is 0 Å². The van der Waals surface area contributed by atoms with E-state index in [-0.39, 0.29) is 34.8 Å². The molecule has 0 bridgehead atoms. The molecule has 3 aromatic heterocycles. The number of nitrogens with two attached hydrogens (primary N) is 1. The van der Waals surface area contributed by atoms with Gasteiger partial charge in [0.05, 0.1) is 19.5 Å². The Morgan fingerprint density at radius 2 is 1.67 bits per heavy atom. The molecule has 3 aliphatic rings. The molecule has 0 amide bonds. The zero-order valence-electron chi connectivity index (χ0n) is 27.1. The number of rotatable bonds is 7. The molecule has 4 aromatic rings. The summed E-state index contributed by atoms with van der Waals surface area (Å²) < 4.78 is 100. The molecule has 10 atom stereocenters. The summed E-state index contributed by atoms with van der Waals surface area (Å²) in [5.41, 5.74) is 4.59. The Hall–Kier alpha value is -4.22. The summed E-state index contributed by atoms with van der Waals surface area (Å²) in [6.07, 6.45) is -11.9. The number of aldehydes is 1. The molecule has 4 N–H and O–H groups in total. The zero-order valence-corrected chi connectivity index (χ0v) is 29.7. The van der Waals surface area contributed by atoms with Crippen LogP contribution in [-0.2, 0) is 52.0 Å². The highest BCUT2D eigenvalue weighted by molar-refractivity contribution is 8.54. The molecule has 54 heavy (non-hydrogen) atoms. The Kier molecular flexibility index (Phi) is 10.7. The van der Waals surface area contributed by atoms with Crippen LogP contribution in [0.15, 0.2) is 58.8 Å². The van der Waals surface area contributed by atoms with Crippen LogP contribution in [0.3, 0.4) is 0 Å². The maximum Gasteiger partial charge on any atom is 0.472 e. The molecule has 3 saturated heterocycles. The predicted molar refractivity (Wildman–Crippen MR) is 177 cm³/mol. The van der Waals surface area contributed by atoms with Crippen molar-refractivity contribution in [3.63, 3.8) is 0 Å². The number of carbonyl (C=O) groups is 2. The van der Waals surface area contributed by atoms with Gasteiger partial charge in [0.1, 0.15) is 42.0 Å². The number of hydrogen-bond donors (Lipinski definition) is 3. The number of imidazole rings is 1. The maximum absolute atomic E-state index is 16.3. The topological polar surface area (TPSA) is 278 Å². The number of nitrogens with one attached hydrogen (secondary N) is 1. The summed E-state index contributed by atoms with van der Waals surface area (Å²) in [4.78, 5) is 70.8. The predicted octanol–water partition coefficient (Wildman–Crippen LogP) is 1.49. The first-order chi connectivity index (χ1) is 25.7. The van der Waals surface area contributed by atoms with Crippen LogP contribution in [0.1, 0.15) is 18.0 Å². The summed E-state index contributed by atoms with van der Waals surface area (Å²) in [5, 5.41) is 0. The lowest BCUT2D eigenvalue weighted by Crippen LogP contribution is -2.38. The zero-order chi connectivity index (χ0) is 38.4. The number of aromatic amines is 1. The van der Waals surface area contributed by atoms with Crippen molar-refractivity contribution in [1.29, 1.82) is 0 Å². The summed E-state index contributed by atoms with van der Waals surface area (Å²) in [6.45, 7) is -6.42. The van der Waals surface area contributed by atoms with Crippen molar-refractivity contribution in [1.82, 2.24) is 29.1 Å². The van der Waals surface area contributed by atoms with E-state index in [0.29, 0.717) is 21.5 Å². The van der Waals surface area contributed by atoms with Gasteiger partial charge in [0.25, 0.3) is 5.56 Å². The molecule has 0 saturated carbocycles. The number of hydrogen-bond acceptors (Lipinski definition) is 18. The molecule has 21 nitrogen and oxygen atoms in total. The first kappa shape index (κ1) is 38.1. The fourth-order valence-electron chi connectivity index (χ4n) is 5.75. The van der Waals surface area contributed by atoms with E-state index in [1.54, 1.807) is 0 Å². The highest BCUT2D eigenvalue weighted by atomic mass is 32.7. The molecule has 26 heteroatoms. The van der Waals surface area contributed by atoms with Gasteiger partial charge in [0.15, 0.2) is 36.3 Å². The van der Waals surface area contributed by atoms with E-state index in [2.05, 4.69) is 15.0 Å². The number of fused-ring (bicyclic) bond motifs is 3. The van der Waals surface area contributed by atoms with Gasteiger partial charge in [-0.1, -0.05) is 12.1 Å². The summed E-state index contributed by atoms with van der Waals surface area (Å²) in [7, 11) is -5.23. The second-order valence-corrected chi connectivity index (χ2v) is 17.2. The molecule has 1 aromatic carbocycles. The van der Waals surface area contributed by atoms with E-state index in [1.165, 1.54) is 24.3 Å². The third-order valence-electron chi connectivity index (χ3n) is 8.25. The second kappa shape index (κ2) is 15.1. The van der Waals surface area contributed by atoms with Crippen LogP contribution >= 0.6 is 26.0 Å². The standard InChI is InChI=1S/C28H27F2N7O14P2S/c29-19-22-16(49-27(19)37-12-34-21-24(31)32-11-33-25(21)37)9-46-53(44,54-10-13-1-3-14(4-2-13)47-18(40)7-38)51-23-15(8-45-52(42,43)50-22)48-26(20(23)30)36-6-5-17(39)35-28(36)41/h1-7,11-12,15-16,19-20,22-23,26-27H,8-10H2,(H,42,43)(H2,31,32,33)(H,35,39,41)/t15-,16-,19-,20-,22-,23-,26-,27-,53?/m1/s1. The number of benzene rings is 1. The minimum atomic E-state index is -5.23. The third-order valence-corrected chi connectivity index (χ3v) is 12.9. The lowest BCUT2D eigenvalue weighted by atomic mass is 10.1. The summed E-state index contributed by atoms with van der Waals surface area (Å²) in [5.74, 6) is -1.28. The van der Waals surface area contributed by atoms with Crippen LogP contribution in [0.4, 0.5) is 14.6 Å². The van der Waals surface area contributed by atoms with Crippen molar-refractivity contribution in [3.05, 3.63) is 75.6 Å². The first-order valence-corrected chi connectivity index (χ1v) is 20.2. The van der Waals surface area contributed by atoms with Crippen LogP contribution in [0.25, 0.3) is 11.2 Å². The molecular weight excluding hydrogens is 790 g/mol. The van der Waals surface area contributed by atoms with Gasteiger partial charge in [0.2, 0.25) is 6.29 Å². The Balaban J connectivity index is 1.20. The Bertz CT molecular complexity index is 2280. The van der Waals surface area contributed by atoms with Crippen molar-refractivity contribution in [2.24, 2.45) is 0 Å². The minimum Gasteiger partial charge on any atom is -0.421 e. The number of alkyl halides is 2. The smallest absolute Gasteiger partial charge is 0.421 e. The number of aromatic nitrogens is 6. The lowest BCUT2D eigenvalue weighted by molar-refractivity contribution is -0.141. The normalized spacial score (nSPS) is 32.9. The molecule has 0 radical (unpaired) electrons. The van der Waals surface area contributed by atoms with Gasteiger partial charge < -0.3 is 24.8 Å². The molecular formula is C28H27F2N7O14P2S. The van der Waals surface area contributed by atoms with Crippen LogP contribution in [0.5, 0.6) is 5.75 Å². The number of phosphoric ester groups is 1. The lowest BCUT2D eigenvalue weighted by Gasteiger charge is -2.29. The van der Waals surface area contributed by atoms with Crippen LogP contribution < -0.4 is 21.7 Å². The van der Waals surface area contributed by atoms with E-state index < -0.39 is 94.3 Å². The molecule has 0 aliphatic carbocycles. The molecule has 0 spiro atoms. The molecule has 2 unspecified atom stereocenters. The fourth-order valence-corrected chi connectivity index (χ4v) is 10.1. The van der Waals surface area contributed by atoms with Gasteiger partial charge in [-0.25, -0.2) is 42.5 Å². The molecule has 3 aliphatic heterocycles. The Morgan fingerprint density at radius 3 is 2.35 bits per heavy atom. The van der Waals surface area contributed by atoms with Gasteiger partial charge in [-0.05, 0) is 29.1 Å². The third kappa shape index (κ3) is 7.80. The van der Waals surface area contributed by atoms with E-state index in [1.807, 2.05) is 4.98 Å². The number of carbonyl (C=O) groups excluding carboxylic acids is 2. The number of esters is 1. The molecule has 288 valence electrons. The maximum atomic E-state index is 16.3. The van der Waals surface area contributed by atoms with E-state index >= 15 is 8.78 Å². The number of phosphoric acid groups is 1. The first-order valence-electron chi connectivity index (χ1n) is 15.6. The van der Waals surface area contributed by atoms with Gasteiger partial charge >= 0.3 is 26.3 Å². The number of halogens is 2. The van der Waals surface area contributed by atoms with Crippen LogP contribution in [0.2, 0.25) is 0 Å². The van der Waals surface area contributed by atoms with Crippen LogP contribution in [0, 0.1) is 0 Å². The summed E-state index contributed by atoms with van der Waals surface area (Å²) in [6, 6.07) is 6.53. The second-order valence-electron chi connectivity index (χ2n) is 11.7. The molecule has 3 fully saturated rings. The van der Waals surface area contributed by atoms with Crippen LogP contribution in [-0.4, -0.2) is 96.2 Å². The highest BCUT2D eigenvalue weighted by Gasteiger charge is 2.55. The summed E-state index contributed by atoms with van der Waals surface area (Å²) >= 11 is 0.545. The molecule has 7 rings (SSSR count). The SMILES string of the molecule is Nc1ncnc2c1ncn2[C@@H]1O[C@@H]2COP(=O)(SCc3ccc(OC(=O)C=O)cc3)O[C@H]3[C@@H](F)[C@H](n4ccc(=O)[nH]c4=O)O[C@@H]3COP(=O)(O)O[C@H]2[C@H]1F. The Morgan fingerprint density at radius 1 is 1.00 bits per heavy atom. The fraction of sp³-hybridized carbons (Fsp3) is 0.393. The average Bonchev–Trinajstić information content (AvgIpc) is 3.79. The van der Waals surface area contributed by atoms with E-state index in [4.69, 9.17) is 38.0 Å². The van der Waals surface area contributed by atoms with Crippen molar-refractivity contribution < 1.29 is 64.7 Å². The average molecular weight is 818 g/mol. The monoisotopic (exact) mass is 817 g/mol. The van der Waals surface area contributed by atoms with Crippen molar-refractivity contribution in [2.75, 3.05) is 18.9 Å². The molecule has 6 heterocycles. The van der Waals surface area contributed by atoms with Crippen molar-refractivity contribution in [2.45, 2.75) is 55.0 Å². The number of H-pyrrole nitrogens is 1. The van der Waals surface area contributed by atoms with Gasteiger partial charge in [-0.3, -0.25) is 41.8 Å². The largest absolute Gasteiger partial charge is 0.472 e. The van der Waals surface area contributed by atoms with E-state index in [0.717, 1.165) is 29.5 Å². The number of anilines is 1. The van der Waals surface area contributed by atoms with E-state index in [9.17, 15) is 33.2 Å². The van der Waals surface area contributed by atoms with Crippen molar-refractivity contribution in [3.8, 4) is 5.75 Å². The number of nitrogen functional groups attached to an aromatic ring is 1.